The van der Waals surface area contributed by atoms with Gasteiger partial charge in [-0.1, -0.05) is 42.1 Å². The van der Waals surface area contributed by atoms with Crippen LogP contribution in [0.25, 0.3) is 27.7 Å². The number of halogens is 3. The standard InChI is InChI=1S/C30H22F3N5O2S/c1-18-4-3-5-19(2)28(18)38-27(39)16-41-29(38)36-26-13-20-6-7-21(12-22(20)14-34-26)25-15-37(17-35-25)23-8-10-24(11-9-23)40-30(31,32)33/h3-15,17H,16H2,1-2H3. The molecule has 3 heterocycles. The summed E-state index contributed by atoms with van der Waals surface area (Å²) in [6.07, 6.45) is 0.390. The number of amidine groups is 1. The Balaban J connectivity index is 1.25. The number of hydrogen-bond donors (Lipinski definition) is 0. The molecule has 0 bridgehead atoms. The first-order valence-corrected chi connectivity index (χ1v) is 13.5. The van der Waals surface area contributed by atoms with Gasteiger partial charge in [-0.3, -0.25) is 9.69 Å². The van der Waals surface area contributed by atoms with Crippen molar-refractivity contribution in [1.82, 2.24) is 14.5 Å². The van der Waals surface area contributed by atoms with E-state index in [-0.39, 0.29) is 11.7 Å². The van der Waals surface area contributed by atoms with Crippen LogP contribution in [0.2, 0.25) is 0 Å². The number of carbonyl (C=O) groups is 1. The van der Waals surface area contributed by atoms with E-state index in [1.165, 1.54) is 36.0 Å². The fourth-order valence-electron chi connectivity index (χ4n) is 4.70. The molecule has 0 N–H and O–H groups in total. The summed E-state index contributed by atoms with van der Waals surface area (Å²) < 4.78 is 43.0. The summed E-state index contributed by atoms with van der Waals surface area (Å²) in [5.74, 6) is 0.522. The number of anilines is 1. The zero-order valence-electron chi connectivity index (χ0n) is 21.9. The van der Waals surface area contributed by atoms with Gasteiger partial charge >= 0.3 is 6.36 Å². The third-order valence-electron chi connectivity index (χ3n) is 6.59. The number of benzene rings is 3. The van der Waals surface area contributed by atoms with E-state index in [1.54, 1.807) is 28.2 Å². The van der Waals surface area contributed by atoms with E-state index >= 15 is 0 Å². The molecule has 1 aliphatic heterocycles. The Morgan fingerprint density at radius 3 is 2.44 bits per heavy atom. The Morgan fingerprint density at radius 1 is 0.951 bits per heavy atom. The number of nitrogens with zero attached hydrogens (tertiary/aromatic N) is 5. The van der Waals surface area contributed by atoms with Crippen molar-refractivity contribution in [2.45, 2.75) is 20.2 Å². The van der Waals surface area contributed by atoms with Crippen LogP contribution >= 0.6 is 11.8 Å². The maximum atomic E-state index is 12.8. The van der Waals surface area contributed by atoms with Gasteiger partial charge in [-0.25, -0.2) is 15.0 Å². The SMILES string of the molecule is Cc1cccc(C)c1N1C(=O)CSC1=Nc1cc2ccc(-c3cn(-c4ccc(OC(F)(F)F)cc4)cn3)cc2cn1. The number of imidazole rings is 1. The number of carbonyl (C=O) groups excluding carboxylic acids is 1. The topological polar surface area (TPSA) is 72.6 Å². The van der Waals surface area contributed by atoms with Gasteiger partial charge in [0.25, 0.3) is 0 Å². The first-order chi connectivity index (χ1) is 19.6. The fourth-order valence-corrected chi connectivity index (χ4v) is 5.57. The molecule has 3 aromatic carbocycles. The largest absolute Gasteiger partial charge is 0.573 e. The lowest BCUT2D eigenvalue weighted by molar-refractivity contribution is -0.274. The Bertz CT molecular complexity index is 1800. The molecule has 0 unspecified atom stereocenters. The number of aromatic nitrogens is 3. The van der Waals surface area contributed by atoms with Crippen molar-refractivity contribution in [2.75, 3.05) is 10.7 Å². The van der Waals surface area contributed by atoms with E-state index in [0.717, 1.165) is 33.2 Å². The Hall–Kier alpha value is -4.64. The first kappa shape index (κ1) is 26.6. The monoisotopic (exact) mass is 573 g/mol. The summed E-state index contributed by atoms with van der Waals surface area (Å²) >= 11 is 1.39. The number of amides is 1. The van der Waals surface area contributed by atoms with Crippen LogP contribution in [0.15, 0.2) is 90.4 Å². The van der Waals surface area contributed by atoms with Crippen molar-refractivity contribution in [2.24, 2.45) is 4.99 Å². The van der Waals surface area contributed by atoms with Crippen molar-refractivity contribution < 1.29 is 22.7 Å². The third kappa shape index (κ3) is 5.53. The Labute approximate surface area is 237 Å². The van der Waals surface area contributed by atoms with Crippen LogP contribution in [0, 0.1) is 13.8 Å². The minimum atomic E-state index is -4.74. The molecule has 1 amide bonds. The third-order valence-corrected chi connectivity index (χ3v) is 7.52. The molecule has 2 aromatic heterocycles. The number of ether oxygens (including phenoxy) is 1. The zero-order valence-corrected chi connectivity index (χ0v) is 22.7. The van der Waals surface area contributed by atoms with Crippen LogP contribution in [0.4, 0.5) is 24.7 Å². The lowest BCUT2D eigenvalue weighted by Gasteiger charge is -2.20. The number of aryl methyl sites for hydroxylation is 2. The second-order valence-corrected chi connectivity index (χ2v) is 10.4. The van der Waals surface area contributed by atoms with Gasteiger partial charge in [-0.15, -0.1) is 13.2 Å². The predicted octanol–water partition coefficient (Wildman–Crippen LogP) is 7.37. The molecule has 0 radical (unpaired) electrons. The predicted molar refractivity (Wildman–Crippen MR) is 154 cm³/mol. The average molecular weight is 574 g/mol. The molecule has 5 aromatic rings. The molecule has 11 heteroatoms. The number of para-hydroxylation sites is 1. The lowest BCUT2D eigenvalue weighted by atomic mass is 10.1. The van der Waals surface area contributed by atoms with Gasteiger partial charge in [0, 0.05) is 29.0 Å². The number of aliphatic imine (C=N–C) groups is 1. The highest BCUT2D eigenvalue weighted by Gasteiger charge is 2.32. The zero-order chi connectivity index (χ0) is 28.7. The molecule has 41 heavy (non-hydrogen) atoms. The average Bonchev–Trinajstić information content (AvgIpc) is 3.56. The van der Waals surface area contributed by atoms with Gasteiger partial charge in [0.1, 0.15) is 5.75 Å². The van der Waals surface area contributed by atoms with Crippen molar-refractivity contribution >= 4 is 45.1 Å². The minimum absolute atomic E-state index is 0.0124. The quantitative estimate of drug-likeness (QED) is 0.220. The summed E-state index contributed by atoms with van der Waals surface area (Å²) in [4.78, 5) is 28.2. The van der Waals surface area contributed by atoms with Crippen LogP contribution in [0.3, 0.4) is 0 Å². The normalized spacial score (nSPS) is 14.8. The smallest absolute Gasteiger partial charge is 0.406 e. The highest BCUT2D eigenvalue weighted by molar-refractivity contribution is 8.15. The maximum absolute atomic E-state index is 12.8. The van der Waals surface area contributed by atoms with E-state index in [1.807, 2.05) is 56.3 Å². The molecular weight excluding hydrogens is 551 g/mol. The molecule has 206 valence electrons. The molecule has 1 fully saturated rings. The molecule has 0 atom stereocenters. The highest BCUT2D eigenvalue weighted by atomic mass is 32.2. The Kier molecular flexibility index (Phi) is 6.74. The van der Waals surface area contributed by atoms with Gasteiger partial charge in [0.15, 0.2) is 11.0 Å². The summed E-state index contributed by atoms with van der Waals surface area (Å²) in [5.41, 5.74) is 5.05. The lowest BCUT2D eigenvalue weighted by Crippen LogP contribution is -2.30. The second-order valence-electron chi connectivity index (χ2n) is 9.46. The van der Waals surface area contributed by atoms with Crippen LogP contribution in [-0.2, 0) is 4.79 Å². The fraction of sp³-hybridized carbons (Fsp3) is 0.133. The molecule has 1 saturated heterocycles. The number of alkyl halides is 3. The van der Waals surface area contributed by atoms with Crippen molar-refractivity contribution in [3.63, 3.8) is 0 Å². The van der Waals surface area contributed by atoms with E-state index in [0.29, 0.717) is 28.1 Å². The first-order valence-electron chi connectivity index (χ1n) is 12.6. The molecule has 6 rings (SSSR count). The molecule has 0 spiro atoms. The van der Waals surface area contributed by atoms with Gasteiger partial charge in [0.05, 0.1) is 23.5 Å². The van der Waals surface area contributed by atoms with Crippen molar-refractivity contribution in [1.29, 1.82) is 0 Å². The van der Waals surface area contributed by atoms with Crippen LogP contribution in [-0.4, -0.2) is 37.7 Å². The van der Waals surface area contributed by atoms with Gasteiger partial charge in [-0.2, -0.15) is 0 Å². The molecule has 1 aliphatic rings. The summed E-state index contributed by atoms with van der Waals surface area (Å²) in [6.45, 7) is 3.96. The molecule has 0 saturated carbocycles. The minimum Gasteiger partial charge on any atom is -0.406 e. The van der Waals surface area contributed by atoms with Crippen molar-refractivity contribution in [3.05, 3.63) is 96.6 Å². The Morgan fingerprint density at radius 2 is 1.71 bits per heavy atom. The highest BCUT2D eigenvalue weighted by Crippen LogP contribution is 2.34. The van der Waals surface area contributed by atoms with Gasteiger partial charge in [-0.05, 0) is 66.8 Å². The summed E-state index contributed by atoms with van der Waals surface area (Å²) in [6, 6.07) is 19.2. The van der Waals surface area contributed by atoms with Crippen LogP contribution < -0.4 is 9.64 Å². The number of rotatable bonds is 5. The molecule has 0 aliphatic carbocycles. The molecular formula is C30H22F3N5O2S. The van der Waals surface area contributed by atoms with E-state index in [4.69, 9.17) is 4.99 Å². The van der Waals surface area contributed by atoms with E-state index in [2.05, 4.69) is 14.7 Å². The number of pyridine rings is 1. The van der Waals surface area contributed by atoms with E-state index < -0.39 is 6.36 Å². The van der Waals surface area contributed by atoms with Crippen molar-refractivity contribution in [3.8, 4) is 22.7 Å². The number of fused-ring (bicyclic) bond motifs is 1. The van der Waals surface area contributed by atoms with Gasteiger partial charge in [0.2, 0.25) is 5.91 Å². The maximum Gasteiger partial charge on any atom is 0.573 e. The number of thioether (sulfide) groups is 1. The number of hydrogen-bond acceptors (Lipinski definition) is 6. The van der Waals surface area contributed by atoms with Gasteiger partial charge < -0.3 is 9.30 Å². The summed E-state index contributed by atoms with van der Waals surface area (Å²) in [5, 5.41) is 2.41. The van der Waals surface area contributed by atoms with Crippen LogP contribution in [0.1, 0.15) is 11.1 Å². The molecule has 7 nitrogen and oxygen atoms in total. The van der Waals surface area contributed by atoms with E-state index in [9.17, 15) is 18.0 Å². The van der Waals surface area contributed by atoms with Crippen LogP contribution in [0.5, 0.6) is 5.75 Å². The second kappa shape index (κ2) is 10.4. The summed E-state index contributed by atoms with van der Waals surface area (Å²) in [7, 11) is 0.